The number of phenolic OH excluding ortho intramolecular Hbond substituents is 3. The topological polar surface area (TPSA) is 81.0 Å². The summed E-state index contributed by atoms with van der Waals surface area (Å²) in [5, 5.41) is 29.8. The van der Waals surface area contributed by atoms with Crippen LogP contribution in [-0.4, -0.2) is 39.1 Å². The van der Waals surface area contributed by atoms with Crippen LogP contribution in [0.25, 0.3) is 6.08 Å². The molecular weight excluding hydrogens is 318 g/mol. The molecule has 5 nitrogen and oxygen atoms in total. The average molecular weight is 339 g/mol. The normalized spacial score (nSPS) is 15.0. The summed E-state index contributed by atoms with van der Waals surface area (Å²) in [4.78, 5) is 14.6. The van der Waals surface area contributed by atoms with Crippen molar-refractivity contribution in [3.63, 3.8) is 0 Å². The van der Waals surface area contributed by atoms with Crippen molar-refractivity contribution >= 4 is 11.9 Å². The highest BCUT2D eigenvalue weighted by molar-refractivity contribution is 6.09. The number of phenols is 3. The highest BCUT2D eigenvalue weighted by Crippen LogP contribution is 2.33. The zero-order valence-corrected chi connectivity index (χ0v) is 13.9. The van der Waals surface area contributed by atoms with E-state index in [0.29, 0.717) is 12.1 Å². The third-order valence-electron chi connectivity index (χ3n) is 4.42. The molecule has 2 aromatic rings. The molecular formula is C20H21NO4. The Morgan fingerprint density at radius 1 is 1.00 bits per heavy atom. The summed E-state index contributed by atoms with van der Waals surface area (Å²) in [6.45, 7) is 2.29. The van der Waals surface area contributed by atoms with Crippen molar-refractivity contribution in [2.24, 2.45) is 0 Å². The van der Waals surface area contributed by atoms with Gasteiger partial charge < -0.3 is 15.3 Å². The van der Waals surface area contributed by atoms with Crippen molar-refractivity contribution < 1.29 is 20.1 Å². The Morgan fingerprint density at radius 2 is 1.68 bits per heavy atom. The number of benzene rings is 2. The Hall–Kier alpha value is -2.79. The Morgan fingerprint density at radius 3 is 2.36 bits per heavy atom. The molecule has 0 unspecified atom stereocenters. The standard InChI is InChI=1S/C20H21NO4/c22-15-6-3-14(4-7-15)5-9-18(23)16-8-10-19(24)17(20(16)25)13-21-11-1-2-12-21/h3-10,22,24-25H,1-2,11-13H2/b9-5+. The molecule has 0 aliphatic carbocycles. The van der Waals surface area contributed by atoms with Gasteiger partial charge in [-0.15, -0.1) is 0 Å². The van der Waals surface area contributed by atoms with Gasteiger partial charge in [0, 0.05) is 6.54 Å². The van der Waals surface area contributed by atoms with E-state index in [4.69, 9.17) is 0 Å². The lowest BCUT2D eigenvalue weighted by molar-refractivity contribution is 0.104. The zero-order chi connectivity index (χ0) is 17.8. The molecule has 1 fully saturated rings. The van der Waals surface area contributed by atoms with E-state index in [1.165, 1.54) is 30.3 Å². The minimum Gasteiger partial charge on any atom is -0.508 e. The number of hydrogen-bond acceptors (Lipinski definition) is 5. The molecule has 0 amide bonds. The predicted molar refractivity (Wildman–Crippen MR) is 95.8 cm³/mol. The van der Waals surface area contributed by atoms with Gasteiger partial charge in [-0.3, -0.25) is 9.69 Å². The number of likely N-dealkylation sites (tertiary alicyclic amines) is 1. The summed E-state index contributed by atoms with van der Waals surface area (Å²) in [6.07, 6.45) is 5.21. The summed E-state index contributed by atoms with van der Waals surface area (Å²) in [6, 6.07) is 9.34. The first kappa shape index (κ1) is 17.0. The van der Waals surface area contributed by atoms with Crippen molar-refractivity contribution in [1.29, 1.82) is 0 Å². The maximum absolute atomic E-state index is 12.4. The summed E-state index contributed by atoms with van der Waals surface area (Å²) >= 11 is 0. The molecule has 1 aliphatic rings. The van der Waals surface area contributed by atoms with Gasteiger partial charge in [-0.1, -0.05) is 18.2 Å². The Labute approximate surface area is 146 Å². The molecule has 5 heteroatoms. The number of rotatable bonds is 5. The summed E-state index contributed by atoms with van der Waals surface area (Å²) in [7, 11) is 0. The molecule has 1 saturated heterocycles. The summed E-state index contributed by atoms with van der Waals surface area (Å²) in [5.74, 6) is -0.338. The van der Waals surface area contributed by atoms with Crippen LogP contribution in [0.15, 0.2) is 42.5 Å². The van der Waals surface area contributed by atoms with Crippen LogP contribution >= 0.6 is 0 Å². The highest BCUT2D eigenvalue weighted by atomic mass is 16.3. The lowest BCUT2D eigenvalue weighted by Crippen LogP contribution is -2.18. The van der Waals surface area contributed by atoms with Crippen LogP contribution in [0.5, 0.6) is 17.2 Å². The second-order valence-electron chi connectivity index (χ2n) is 6.23. The monoisotopic (exact) mass is 339 g/mol. The van der Waals surface area contributed by atoms with Gasteiger partial charge in [0.2, 0.25) is 0 Å². The van der Waals surface area contributed by atoms with Crippen LogP contribution in [0.2, 0.25) is 0 Å². The first-order valence-corrected chi connectivity index (χ1v) is 8.32. The fourth-order valence-corrected chi connectivity index (χ4v) is 2.99. The van der Waals surface area contributed by atoms with Crippen LogP contribution in [0.1, 0.15) is 34.3 Å². The van der Waals surface area contributed by atoms with Crippen LogP contribution in [0, 0.1) is 0 Å². The second-order valence-corrected chi connectivity index (χ2v) is 6.23. The number of hydrogen-bond donors (Lipinski definition) is 3. The predicted octanol–water partition coefficient (Wildman–Crippen LogP) is 3.30. The third-order valence-corrected chi connectivity index (χ3v) is 4.42. The van der Waals surface area contributed by atoms with E-state index < -0.39 is 0 Å². The molecule has 3 N–H and O–H groups in total. The van der Waals surface area contributed by atoms with Gasteiger partial charge in [0.1, 0.15) is 17.2 Å². The minimum atomic E-state index is -0.340. The largest absolute Gasteiger partial charge is 0.508 e. The van der Waals surface area contributed by atoms with Crippen LogP contribution in [0.4, 0.5) is 0 Å². The van der Waals surface area contributed by atoms with Gasteiger partial charge >= 0.3 is 0 Å². The van der Waals surface area contributed by atoms with Gasteiger partial charge in [-0.25, -0.2) is 0 Å². The van der Waals surface area contributed by atoms with Crippen LogP contribution in [0.3, 0.4) is 0 Å². The van der Waals surface area contributed by atoms with E-state index in [1.54, 1.807) is 18.2 Å². The molecule has 0 radical (unpaired) electrons. The maximum Gasteiger partial charge on any atom is 0.189 e. The highest BCUT2D eigenvalue weighted by Gasteiger charge is 2.20. The van der Waals surface area contributed by atoms with E-state index in [9.17, 15) is 20.1 Å². The van der Waals surface area contributed by atoms with E-state index >= 15 is 0 Å². The molecule has 0 aromatic heterocycles. The molecule has 0 atom stereocenters. The summed E-state index contributed by atoms with van der Waals surface area (Å²) < 4.78 is 0. The molecule has 25 heavy (non-hydrogen) atoms. The lowest BCUT2D eigenvalue weighted by atomic mass is 10.0. The number of ketones is 1. The van der Waals surface area contributed by atoms with Gasteiger partial charge in [-0.2, -0.15) is 0 Å². The van der Waals surface area contributed by atoms with E-state index in [-0.39, 0.29) is 28.6 Å². The third kappa shape index (κ3) is 4.00. The quantitative estimate of drug-likeness (QED) is 0.575. The van der Waals surface area contributed by atoms with Crippen molar-refractivity contribution in [2.45, 2.75) is 19.4 Å². The minimum absolute atomic E-state index is 0.00321. The Balaban J connectivity index is 1.81. The lowest BCUT2D eigenvalue weighted by Gasteiger charge is -2.17. The van der Waals surface area contributed by atoms with E-state index in [2.05, 4.69) is 4.90 Å². The molecule has 3 rings (SSSR count). The van der Waals surface area contributed by atoms with Crippen molar-refractivity contribution in [2.75, 3.05) is 13.1 Å². The Kier molecular flexibility index (Phi) is 5.05. The van der Waals surface area contributed by atoms with Crippen molar-refractivity contribution in [3.05, 3.63) is 59.2 Å². The molecule has 130 valence electrons. The second kappa shape index (κ2) is 7.40. The van der Waals surface area contributed by atoms with Gasteiger partial charge in [0.05, 0.1) is 11.1 Å². The molecule has 0 bridgehead atoms. The first-order chi connectivity index (χ1) is 12.0. The van der Waals surface area contributed by atoms with Crippen molar-refractivity contribution in [3.8, 4) is 17.2 Å². The molecule has 1 heterocycles. The zero-order valence-electron chi connectivity index (χ0n) is 13.9. The first-order valence-electron chi connectivity index (χ1n) is 8.32. The van der Waals surface area contributed by atoms with Gasteiger partial charge in [0.25, 0.3) is 0 Å². The summed E-state index contributed by atoms with van der Waals surface area (Å²) in [5.41, 5.74) is 1.33. The number of allylic oxidation sites excluding steroid dienone is 1. The smallest absolute Gasteiger partial charge is 0.189 e. The van der Waals surface area contributed by atoms with Gasteiger partial charge in [0.15, 0.2) is 5.78 Å². The van der Waals surface area contributed by atoms with E-state index in [0.717, 1.165) is 31.5 Å². The fraction of sp³-hybridized carbons (Fsp3) is 0.250. The number of aromatic hydroxyl groups is 3. The fourth-order valence-electron chi connectivity index (χ4n) is 2.99. The molecule has 2 aromatic carbocycles. The number of carbonyl (C=O) groups excluding carboxylic acids is 1. The van der Waals surface area contributed by atoms with Crippen LogP contribution in [-0.2, 0) is 6.54 Å². The number of nitrogens with zero attached hydrogens (tertiary/aromatic N) is 1. The van der Waals surface area contributed by atoms with Crippen LogP contribution < -0.4 is 0 Å². The SMILES string of the molecule is O=C(/C=C/c1ccc(O)cc1)c1ccc(O)c(CN2CCCC2)c1O. The average Bonchev–Trinajstić information content (AvgIpc) is 3.11. The molecule has 1 aliphatic heterocycles. The molecule has 0 saturated carbocycles. The van der Waals surface area contributed by atoms with Gasteiger partial charge in [-0.05, 0) is 61.8 Å². The van der Waals surface area contributed by atoms with E-state index in [1.807, 2.05) is 0 Å². The molecule has 0 spiro atoms. The Bertz CT molecular complexity index is 790. The van der Waals surface area contributed by atoms with Crippen molar-refractivity contribution in [1.82, 2.24) is 4.90 Å². The maximum atomic E-state index is 12.4. The number of carbonyl (C=O) groups is 1.